The van der Waals surface area contributed by atoms with Gasteiger partial charge in [-0.05, 0) is 17.5 Å². The summed E-state index contributed by atoms with van der Waals surface area (Å²) in [5, 5.41) is 8.51. The Labute approximate surface area is 133 Å². The number of ether oxygens (including phenoxy) is 4. The van der Waals surface area contributed by atoms with E-state index in [-0.39, 0.29) is 6.61 Å². The molecule has 1 aromatic rings. The van der Waals surface area contributed by atoms with Crippen molar-refractivity contribution in [1.82, 2.24) is 0 Å². The van der Waals surface area contributed by atoms with Gasteiger partial charge in [0.15, 0.2) is 0 Å². The first-order chi connectivity index (χ1) is 10.9. The summed E-state index contributed by atoms with van der Waals surface area (Å²) in [5.74, 6) is 0. The highest BCUT2D eigenvalue weighted by molar-refractivity contribution is 5.22. The minimum absolute atomic E-state index is 0.0475. The number of rotatable bonds is 14. The third-order valence-electron chi connectivity index (χ3n) is 3.02. The zero-order valence-corrected chi connectivity index (χ0v) is 13.5. The Morgan fingerprint density at radius 3 is 1.91 bits per heavy atom. The molecule has 0 saturated carbocycles. The van der Waals surface area contributed by atoms with Crippen molar-refractivity contribution in [3.63, 3.8) is 0 Å². The summed E-state index contributed by atoms with van der Waals surface area (Å²) in [6, 6.07) is 8.44. The largest absolute Gasteiger partial charge is 0.394 e. The van der Waals surface area contributed by atoms with Crippen LogP contribution >= 0.6 is 0 Å². The number of aryl methyl sites for hydroxylation is 1. The molecule has 0 aromatic heterocycles. The van der Waals surface area contributed by atoms with Gasteiger partial charge in [0.05, 0.1) is 59.5 Å². The van der Waals surface area contributed by atoms with Crippen LogP contribution in [0, 0.1) is 0 Å². The minimum atomic E-state index is 0.0475. The van der Waals surface area contributed by atoms with Gasteiger partial charge >= 0.3 is 0 Å². The molecule has 1 rings (SSSR count). The van der Waals surface area contributed by atoms with Crippen molar-refractivity contribution in [2.45, 2.75) is 20.0 Å². The van der Waals surface area contributed by atoms with Gasteiger partial charge in [0.1, 0.15) is 0 Å². The lowest BCUT2D eigenvalue weighted by atomic mass is 10.1. The summed E-state index contributed by atoms with van der Waals surface area (Å²) in [7, 11) is 0. The molecular weight excluding hydrogens is 284 g/mol. The third-order valence-corrected chi connectivity index (χ3v) is 3.02. The molecule has 0 aliphatic heterocycles. The number of hydrogen-bond acceptors (Lipinski definition) is 5. The molecule has 0 amide bonds. The molecule has 0 heterocycles. The Morgan fingerprint density at radius 1 is 0.773 bits per heavy atom. The molecule has 0 aliphatic carbocycles. The van der Waals surface area contributed by atoms with Gasteiger partial charge in [-0.25, -0.2) is 0 Å². The summed E-state index contributed by atoms with van der Waals surface area (Å²) in [6.07, 6.45) is 1.04. The van der Waals surface area contributed by atoms with Gasteiger partial charge in [0.2, 0.25) is 0 Å². The van der Waals surface area contributed by atoms with Crippen molar-refractivity contribution in [2.75, 3.05) is 52.9 Å². The summed E-state index contributed by atoms with van der Waals surface area (Å²) >= 11 is 0. The quantitative estimate of drug-likeness (QED) is 0.531. The second-order valence-electron chi connectivity index (χ2n) is 4.79. The number of hydrogen-bond donors (Lipinski definition) is 1. The number of aliphatic hydroxyl groups is 1. The van der Waals surface area contributed by atoms with E-state index in [9.17, 15) is 0 Å². The summed E-state index contributed by atoms with van der Waals surface area (Å²) in [6.45, 7) is 6.44. The van der Waals surface area contributed by atoms with Crippen LogP contribution in [0.4, 0.5) is 0 Å². The van der Waals surface area contributed by atoms with Crippen molar-refractivity contribution in [2.24, 2.45) is 0 Å². The van der Waals surface area contributed by atoms with E-state index < -0.39 is 0 Å². The van der Waals surface area contributed by atoms with E-state index in [0.29, 0.717) is 52.9 Å². The number of aliphatic hydroxyl groups excluding tert-OH is 1. The van der Waals surface area contributed by atoms with E-state index in [2.05, 4.69) is 31.2 Å². The molecule has 0 saturated heterocycles. The van der Waals surface area contributed by atoms with E-state index in [1.54, 1.807) is 0 Å². The molecule has 5 heteroatoms. The van der Waals surface area contributed by atoms with Crippen LogP contribution in [0.5, 0.6) is 0 Å². The van der Waals surface area contributed by atoms with Gasteiger partial charge in [-0.15, -0.1) is 0 Å². The SMILES string of the molecule is CCc1cccc(COCCOCCOCCOCCO)c1. The van der Waals surface area contributed by atoms with E-state index in [1.807, 2.05) is 0 Å². The van der Waals surface area contributed by atoms with Gasteiger partial charge in [-0.3, -0.25) is 0 Å². The molecule has 5 nitrogen and oxygen atoms in total. The monoisotopic (exact) mass is 312 g/mol. The van der Waals surface area contributed by atoms with Gasteiger partial charge in [-0.1, -0.05) is 31.2 Å². The van der Waals surface area contributed by atoms with E-state index in [1.165, 1.54) is 11.1 Å². The molecule has 1 aromatic carbocycles. The fourth-order valence-corrected chi connectivity index (χ4v) is 1.85. The van der Waals surface area contributed by atoms with Crippen LogP contribution in [0.1, 0.15) is 18.1 Å². The van der Waals surface area contributed by atoms with Crippen LogP contribution in [0.15, 0.2) is 24.3 Å². The molecule has 0 spiro atoms. The lowest BCUT2D eigenvalue weighted by molar-refractivity contribution is -0.00743. The predicted molar refractivity (Wildman–Crippen MR) is 85.0 cm³/mol. The Hall–Kier alpha value is -0.980. The van der Waals surface area contributed by atoms with Crippen LogP contribution in [-0.4, -0.2) is 58.0 Å². The molecule has 1 N–H and O–H groups in total. The maximum absolute atomic E-state index is 8.51. The van der Waals surface area contributed by atoms with Crippen molar-refractivity contribution in [3.05, 3.63) is 35.4 Å². The zero-order chi connectivity index (χ0) is 15.9. The van der Waals surface area contributed by atoms with Crippen molar-refractivity contribution >= 4 is 0 Å². The van der Waals surface area contributed by atoms with Gasteiger partial charge < -0.3 is 24.1 Å². The Kier molecular flexibility index (Phi) is 11.8. The second-order valence-corrected chi connectivity index (χ2v) is 4.79. The van der Waals surface area contributed by atoms with Gasteiger partial charge in [-0.2, -0.15) is 0 Å². The maximum atomic E-state index is 8.51. The molecular formula is C17H28O5. The lowest BCUT2D eigenvalue weighted by Gasteiger charge is -2.08. The summed E-state index contributed by atoms with van der Waals surface area (Å²) in [5.41, 5.74) is 2.53. The zero-order valence-electron chi connectivity index (χ0n) is 13.5. The topological polar surface area (TPSA) is 57.2 Å². The first kappa shape index (κ1) is 19.1. The van der Waals surface area contributed by atoms with Crippen LogP contribution in [0.2, 0.25) is 0 Å². The van der Waals surface area contributed by atoms with E-state index in [0.717, 1.165) is 6.42 Å². The van der Waals surface area contributed by atoms with E-state index >= 15 is 0 Å². The average Bonchev–Trinajstić information content (AvgIpc) is 2.56. The van der Waals surface area contributed by atoms with Crippen LogP contribution in [-0.2, 0) is 32.0 Å². The number of benzene rings is 1. The Morgan fingerprint density at radius 2 is 1.32 bits per heavy atom. The molecule has 0 aliphatic rings. The Bertz CT molecular complexity index is 370. The normalized spacial score (nSPS) is 11.0. The van der Waals surface area contributed by atoms with Crippen molar-refractivity contribution < 1.29 is 24.1 Å². The maximum Gasteiger partial charge on any atom is 0.0718 e. The predicted octanol–water partition coefficient (Wildman–Crippen LogP) is 1.81. The fourth-order valence-electron chi connectivity index (χ4n) is 1.85. The van der Waals surface area contributed by atoms with Crippen LogP contribution < -0.4 is 0 Å². The van der Waals surface area contributed by atoms with Gasteiger partial charge in [0, 0.05) is 0 Å². The standard InChI is InChI=1S/C17H28O5/c1-2-16-4-3-5-17(14-16)15-22-13-12-21-11-10-20-9-8-19-7-6-18/h3-5,14,18H,2,6-13,15H2,1H3. The van der Waals surface area contributed by atoms with Crippen molar-refractivity contribution in [1.29, 1.82) is 0 Å². The summed E-state index contributed by atoms with van der Waals surface area (Å²) < 4.78 is 21.4. The van der Waals surface area contributed by atoms with E-state index in [4.69, 9.17) is 24.1 Å². The first-order valence-electron chi connectivity index (χ1n) is 7.86. The van der Waals surface area contributed by atoms with Crippen molar-refractivity contribution in [3.8, 4) is 0 Å². The fraction of sp³-hybridized carbons (Fsp3) is 0.647. The smallest absolute Gasteiger partial charge is 0.0718 e. The summed E-state index contributed by atoms with van der Waals surface area (Å²) in [4.78, 5) is 0. The molecule has 22 heavy (non-hydrogen) atoms. The molecule has 0 unspecified atom stereocenters. The average molecular weight is 312 g/mol. The highest BCUT2D eigenvalue weighted by Gasteiger charge is 1.96. The van der Waals surface area contributed by atoms with Gasteiger partial charge in [0.25, 0.3) is 0 Å². The molecule has 0 radical (unpaired) electrons. The lowest BCUT2D eigenvalue weighted by Crippen LogP contribution is -2.12. The van der Waals surface area contributed by atoms with Crippen LogP contribution in [0.25, 0.3) is 0 Å². The highest BCUT2D eigenvalue weighted by Crippen LogP contribution is 2.07. The molecule has 0 fully saturated rings. The molecule has 126 valence electrons. The second kappa shape index (κ2) is 13.7. The molecule has 0 bridgehead atoms. The third kappa shape index (κ3) is 9.87. The first-order valence-corrected chi connectivity index (χ1v) is 7.86. The minimum Gasteiger partial charge on any atom is -0.394 e. The molecule has 0 atom stereocenters. The Balaban J connectivity index is 1.87. The highest BCUT2D eigenvalue weighted by atomic mass is 16.6. The van der Waals surface area contributed by atoms with Crippen LogP contribution in [0.3, 0.4) is 0 Å².